The number of oxazole rings is 1. The average molecular weight is 193 g/mol. The molecule has 0 saturated carbocycles. The minimum atomic E-state index is -0.512. The van der Waals surface area contributed by atoms with Gasteiger partial charge in [-0.05, 0) is 6.92 Å². The molecular formula is C9H7NO4. The fraction of sp³-hybridized carbons (Fsp3) is 0.111. The van der Waals surface area contributed by atoms with Gasteiger partial charge in [0.25, 0.3) is 5.89 Å². The fourth-order valence-electron chi connectivity index (χ4n) is 1.08. The lowest BCUT2D eigenvalue weighted by Crippen LogP contribution is -2.00. The van der Waals surface area contributed by atoms with Gasteiger partial charge in [0.2, 0.25) is 16.9 Å². The quantitative estimate of drug-likeness (QED) is 0.738. The van der Waals surface area contributed by atoms with Gasteiger partial charge < -0.3 is 13.9 Å². The Kier molecular flexibility index (Phi) is 1.85. The van der Waals surface area contributed by atoms with E-state index >= 15 is 0 Å². The summed E-state index contributed by atoms with van der Waals surface area (Å²) in [7, 11) is 0. The topological polar surface area (TPSA) is 76.5 Å². The second-order valence-electron chi connectivity index (χ2n) is 2.74. The van der Waals surface area contributed by atoms with E-state index in [1.807, 2.05) is 0 Å². The van der Waals surface area contributed by atoms with Gasteiger partial charge in [-0.25, -0.2) is 4.98 Å². The predicted molar refractivity (Wildman–Crippen MR) is 46.9 cm³/mol. The molecular weight excluding hydrogens is 186 g/mol. The summed E-state index contributed by atoms with van der Waals surface area (Å²) < 4.78 is 10.0. The van der Waals surface area contributed by atoms with E-state index in [1.165, 1.54) is 18.5 Å². The Morgan fingerprint density at radius 2 is 2.29 bits per heavy atom. The molecule has 0 unspecified atom stereocenters. The van der Waals surface area contributed by atoms with Gasteiger partial charge in [0.15, 0.2) is 0 Å². The van der Waals surface area contributed by atoms with Crippen LogP contribution in [0.15, 0.2) is 32.2 Å². The number of aromatic nitrogens is 1. The highest BCUT2D eigenvalue weighted by Gasteiger charge is 2.15. The summed E-state index contributed by atoms with van der Waals surface area (Å²) >= 11 is 0. The van der Waals surface area contributed by atoms with Crippen LogP contribution in [0.2, 0.25) is 0 Å². The van der Waals surface area contributed by atoms with Gasteiger partial charge in [-0.2, -0.15) is 0 Å². The first-order valence-corrected chi connectivity index (χ1v) is 3.92. The maximum absolute atomic E-state index is 11.2. The van der Waals surface area contributed by atoms with E-state index in [2.05, 4.69) is 4.98 Å². The zero-order chi connectivity index (χ0) is 10.1. The summed E-state index contributed by atoms with van der Waals surface area (Å²) in [6, 6.07) is 1.20. The van der Waals surface area contributed by atoms with Crippen LogP contribution in [0.1, 0.15) is 5.76 Å². The molecule has 1 N–H and O–H groups in total. The maximum Gasteiger partial charge on any atom is 0.266 e. The fourth-order valence-corrected chi connectivity index (χ4v) is 1.08. The van der Waals surface area contributed by atoms with Gasteiger partial charge >= 0.3 is 0 Å². The first-order valence-electron chi connectivity index (χ1n) is 3.92. The molecule has 14 heavy (non-hydrogen) atoms. The van der Waals surface area contributed by atoms with Crippen molar-refractivity contribution in [1.29, 1.82) is 0 Å². The van der Waals surface area contributed by atoms with Crippen LogP contribution in [0.4, 0.5) is 0 Å². The molecule has 0 aliphatic heterocycles. The van der Waals surface area contributed by atoms with Gasteiger partial charge in [-0.3, -0.25) is 4.79 Å². The smallest absolute Gasteiger partial charge is 0.266 e. The van der Waals surface area contributed by atoms with Crippen molar-refractivity contribution in [1.82, 2.24) is 4.98 Å². The van der Waals surface area contributed by atoms with E-state index in [0.29, 0.717) is 5.76 Å². The van der Waals surface area contributed by atoms with E-state index in [1.54, 1.807) is 6.92 Å². The molecule has 2 aromatic heterocycles. The zero-order valence-corrected chi connectivity index (χ0v) is 7.35. The third-order valence-corrected chi connectivity index (χ3v) is 1.67. The molecule has 0 atom stereocenters. The summed E-state index contributed by atoms with van der Waals surface area (Å²) in [5.41, 5.74) is -0.512. The Balaban J connectivity index is 2.70. The van der Waals surface area contributed by atoms with E-state index in [-0.39, 0.29) is 11.7 Å². The number of rotatable bonds is 1. The van der Waals surface area contributed by atoms with Crippen molar-refractivity contribution in [3.8, 4) is 17.4 Å². The second kappa shape index (κ2) is 3.02. The molecule has 2 aromatic rings. The molecule has 0 aliphatic carbocycles. The normalized spacial score (nSPS) is 10.4. The van der Waals surface area contributed by atoms with Gasteiger partial charge in [0, 0.05) is 6.07 Å². The minimum Gasteiger partial charge on any atom is -0.501 e. The van der Waals surface area contributed by atoms with E-state index in [0.717, 1.165) is 0 Å². The molecule has 0 radical (unpaired) electrons. The lowest BCUT2D eigenvalue weighted by Gasteiger charge is -1.99. The predicted octanol–water partition coefficient (Wildman–Crippen LogP) is 1.31. The summed E-state index contributed by atoms with van der Waals surface area (Å²) in [6.45, 7) is 1.60. The highest BCUT2D eigenvalue weighted by atomic mass is 16.4. The number of hydrogen-bond donors (Lipinski definition) is 1. The van der Waals surface area contributed by atoms with Crippen LogP contribution in [0.5, 0.6) is 5.75 Å². The summed E-state index contributed by atoms with van der Waals surface area (Å²) in [5, 5.41) is 9.39. The van der Waals surface area contributed by atoms with Crippen LogP contribution in [0.25, 0.3) is 11.7 Å². The zero-order valence-electron chi connectivity index (χ0n) is 7.35. The average Bonchev–Trinajstić information content (AvgIpc) is 2.63. The Bertz CT molecular complexity index is 498. The number of aryl methyl sites for hydroxylation is 1. The van der Waals surface area contributed by atoms with Crippen molar-refractivity contribution >= 4 is 0 Å². The van der Waals surface area contributed by atoms with Gasteiger partial charge in [0.1, 0.15) is 12.0 Å². The largest absolute Gasteiger partial charge is 0.501 e. The van der Waals surface area contributed by atoms with E-state index < -0.39 is 11.2 Å². The van der Waals surface area contributed by atoms with Gasteiger partial charge in [-0.15, -0.1) is 0 Å². The van der Waals surface area contributed by atoms with Crippen molar-refractivity contribution < 1.29 is 13.9 Å². The molecule has 0 spiro atoms. The molecule has 0 aliphatic rings. The Labute approximate surface area is 78.6 Å². The van der Waals surface area contributed by atoms with Crippen LogP contribution in [0, 0.1) is 6.92 Å². The molecule has 2 heterocycles. The van der Waals surface area contributed by atoms with Crippen molar-refractivity contribution in [2.45, 2.75) is 6.92 Å². The lowest BCUT2D eigenvalue weighted by atomic mass is 10.3. The summed E-state index contributed by atoms with van der Waals surface area (Å²) in [5.74, 6) is -0.0534. The highest BCUT2D eigenvalue weighted by Crippen LogP contribution is 2.24. The number of hydrogen-bond acceptors (Lipinski definition) is 5. The molecule has 5 heteroatoms. The number of nitrogens with zero attached hydrogens (tertiary/aromatic N) is 1. The van der Waals surface area contributed by atoms with Crippen LogP contribution >= 0.6 is 0 Å². The molecule has 0 saturated heterocycles. The molecule has 5 nitrogen and oxygen atoms in total. The lowest BCUT2D eigenvalue weighted by molar-refractivity contribution is 0.416. The summed E-state index contributed by atoms with van der Waals surface area (Å²) in [6.07, 6.45) is 2.73. The third-order valence-electron chi connectivity index (χ3n) is 1.67. The van der Waals surface area contributed by atoms with E-state index in [9.17, 15) is 9.90 Å². The molecule has 0 aromatic carbocycles. The third kappa shape index (κ3) is 1.28. The molecule has 0 amide bonds. The summed E-state index contributed by atoms with van der Waals surface area (Å²) in [4.78, 5) is 14.9. The van der Waals surface area contributed by atoms with Crippen molar-refractivity contribution in [3.05, 3.63) is 34.5 Å². The Morgan fingerprint density at radius 3 is 2.93 bits per heavy atom. The molecule has 2 rings (SSSR count). The second-order valence-corrected chi connectivity index (χ2v) is 2.74. The molecule has 0 bridgehead atoms. The van der Waals surface area contributed by atoms with Crippen LogP contribution in [-0.2, 0) is 0 Å². The Morgan fingerprint density at radius 1 is 1.50 bits per heavy atom. The van der Waals surface area contributed by atoms with Gasteiger partial charge in [0.05, 0.1) is 6.20 Å². The van der Waals surface area contributed by atoms with E-state index in [4.69, 9.17) is 8.83 Å². The molecule has 0 fully saturated rings. The monoisotopic (exact) mass is 193 g/mol. The van der Waals surface area contributed by atoms with Gasteiger partial charge in [-0.1, -0.05) is 0 Å². The van der Waals surface area contributed by atoms with Crippen molar-refractivity contribution in [2.75, 3.05) is 0 Å². The van der Waals surface area contributed by atoms with Crippen LogP contribution in [0.3, 0.4) is 0 Å². The molecule has 72 valence electrons. The maximum atomic E-state index is 11.2. The van der Waals surface area contributed by atoms with Crippen LogP contribution in [-0.4, -0.2) is 10.1 Å². The standard InChI is InChI=1S/C9H7NO4/c1-5-4-6(11)7(12)8(14-5)9-10-2-3-13-9/h2-4,12H,1H3. The van der Waals surface area contributed by atoms with Crippen molar-refractivity contribution in [2.24, 2.45) is 0 Å². The SMILES string of the molecule is Cc1cc(=O)c(O)c(-c2ncco2)o1. The first-order chi connectivity index (χ1) is 6.68. The number of aromatic hydroxyl groups is 1. The minimum absolute atomic E-state index is 0.0417. The highest BCUT2D eigenvalue weighted by molar-refractivity contribution is 5.53. The first kappa shape index (κ1) is 8.55. The van der Waals surface area contributed by atoms with Crippen molar-refractivity contribution in [3.63, 3.8) is 0 Å². The van der Waals surface area contributed by atoms with Crippen LogP contribution < -0.4 is 5.43 Å². The Hall–Kier alpha value is -2.04.